The van der Waals surface area contributed by atoms with Gasteiger partial charge in [0.1, 0.15) is 16.5 Å². The summed E-state index contributed by atoms with van der Waals surface area (Å²) >= 11 is 1.24. The molecule has 1 heterocycles. The van der Waals surface area contributed by atoms with Gasteiger partial charge in [0.25, 0.3) is 11.8 Å². The Labute approximate surface area is 142 Å². The fraction of sp³-hybridized carbons (Fsp3) is 0. The smallest absolute Gasteiger partial charge is 0.256 e. The average molecular weight is 338 g/mol. The van der Waals surface area contributed by atoms with Gasteiger partial charge in [-0.2, -0.15) is 0 Å². The van der Waals surface area contributed by atoms with Gasteiger partial charge >= 0.3 is 0 Å². The molecule has 0 aliphatic rings. The third-order valence-corrected chi connectivity index (χ3v) is 4.06. The van der Waals surface area contributed by atoms with Gasteiger partial charge in [-0.05, 0) is 41.8 Å². The Morgan fingerprint density at radius 2 is 1.71 bits per heavy atom. The van der Waals surface area contributed by atoms with E-state index in [4.69, 9.17) is 10.5 Å². The highest BCUT2D eigenvalue weighted by Crippen LogP contribution is 2.25. The molecule has 0 spiro atoms. The van der Waals surface area contributed by atoms with E-state index in [1.54, 1.807) is 35.7 Å². The van der Waals surface area contributed by atoms with Gasteiger partial charge in [0.05, 0.1) is 5.56 Å². The molecule has 0 aliphatic heterocycles. The zero-order valence-corrected chi connectivity index (χ0v) is 13.4. The predicted molar refractivity (Wildman–Crippen MR) is 93.7 cm³/mol. The number of hydrogen-bond donors (Lipinski definition) is 2. The number of ether oxygens (including phenoxy) is 1. The number of para-hydroxylation sites is 1. The van der Waals surface area contributed by atoms with Gasteiger partial charge in [-0.3, -0.25) is 9.59 Å². The lowest BCUT2D eigenvalue weighted by Crippen LogP contribution is -2.16. The number of rotatable bonds is 5. The Morgan fingerprint density at radius 3 is 2.46 bits per heavy atom. The molecule has 0 bridgehead atoms. The highest BCUT2D eigenvalue weighted by Gasteiger charge is 2.14. The second-order valence-electron chi connectivity index (χ2n) is 4.92. The van der Waals surface area contributed by atoms with Crippen molar-refractivity contribution in [1.82, 2.24) is 0 Å². The van der Waals surface area contributed by atoms with Crippen molar-refractivity contribution in [3.8, 4) is 11.5 Å². The van der Waals surface area contributed by atoms with Crippen LogP contribution in [-0.4, -0.2) is 11.8 Å². The molecule has 3 N–H and O–H groups in total. The van der Waals surface area contributed by atoms with E-state index in [9.17, 15) is 9.59 Å². The van der Waals surface area contributed by atoms with Gasteiger partial charge in [0.15, 0.2) is 0 Å². The zero-order chi connectivity index (χ0) is 16.9. The lowest BCUT2D eigenvalue weighted by molar-refractivity contribution is 0.100. The van der Waals surface area contributed by atoms with Gasteiger partial charge in [-0.15, -0.1) is 11.3 Å². The largest absolute Gasteiger partial charge is 0.457 e. The first-order valence-corrected chi connectivity index (χ1v) is 8.03. The third-order valence-electron chi connectivity index (χ3n) is 3.23. The van der Waals surface area contributed by atoms with Crippen LogP contribution in [0.4, 0.5) is 5.00 Å². The highest BCUT2D eigenvalue weighted by molar-refractivity contribution is 7.14. The van der Waals surface area contributed by atoms with Gasteiger partial charge in [-0.1, -0.05) is 24.3 Å². The first-order valence-electron chi connectivity index (χ1n) is 7.15. The molecule has 0 unspecified atom stereocenters. The number of amides is 2. The van der Waals surface area contributed by atoms with E-state index in [0.29, 0.717) is 27.6 Å². The van der Waals surface area contributed by atoms with E-state index in [2.05, 4.69) is 5.32 Å². The third kappa shape index (κ3) is 3.61. The minimum absolute atomic E-state index is 0.296. The Hall–Kier alpha value is -3.12. The highest BCUT2D eigenvalue weighted by atomic mass is 32.1. The van der Waals surface area contributed by atoms with E-state index in [0.717, 1.165) is 0 Å². The number of thiophene rings is 1. The number of primary amides is 1. The lowest BCUT2D eigenvalue weighted by atomic mass is 10.2. The van der Waals surface area contributed by atoms with Crippen molar-refractivity contribution >= 4 is 28.2 Å². The predicted octanol–water partition coefficient (Wildman–Crippen LogP) is 3.89. The summed E-state index contributed by atoms with van der Waals surface area (Å²) in [6, 6.07) is 17.7. The standard InChI is InChI=1S/C18H14N2O3S/c19-16(21)15-9-10-24-18(15)20-17(22)12-5-4-8-14(11-12)23-13-6-2-1-3-7-13/h1-11H,(H2,19,21)(H,20,22). The molecule has 0 atom stereocenters. The maximum atomic E-state index is 12.4. The summed E-state index contributed by atoms with van der Waals surface area (Å²) in [5.41, 5.74) is 6.00. The summed E-state index contributed by atoms with van der Waals surface area (Å²) in [5, 5.41) is 4.83. The molecule has 3 aromatic rings. The number of benzene rings is 2. The molecule has 0 aliphatic carbocycles. The molecule has 0 radical (unpaired) electrons. The Kier molecular flexibility index (Phi) is 4.58. The first-order chi connectivity index (χ1) is 11.6. The summed E-state index contributed by atoms with van der Waals surface area (Å²) < 4.78 is 5.71. The fourth-order valence-electron chi connectivity index (χ4n) is 2.10. The van der Waals surface area contributed by atoms with Crippen molar-refractivity contribution in [2.75, 3.05) is 5.32 Å². The minimum atomic E-state index is -0.576. The van der Waals surface area contributed by atoms with Crippen LogP contribution in [0.25, 0.3) is 0 Å². The summed E-state index contributed by atoms with van der Waals surface area (Å²) in [6.07, 6.45) is 0. The molecule has 3 rings (SSSR count). The van der Waals surface area contributed by atoms with Crippen LogP contribution >= 0.6 is 11.3 Å². The number of nitrogens with one attached hydrogen (secondary N) is 1. The summed E-state index contributed by atoms with van der Waals surface area (Å²) in [4.78, 5) is 23.7. The summed E-state index contributed by atoms with van der Waals surface area (Å²) in [7, 11) is 0. The molecule has 2 amide bonds. The molecule has 1 aromatic heterocycles. The Bertz CT molecular complexity index is 875. The van der Waals surface area contributed by atoms with Crippen LogP contribution in [-0.2, 0) is 0 Å². The van der Waals surface area contributed by atoms with E-state index < -0.39 is 5.91 Å². The van der Waals surface area contributed by atoms with Crippen LogP contribution in [0.2, 0.25) is 0 Å². The van der Waals surface area contributed by atoms with Crippen LogP contribution in [0, 0.1) is 0 Å². The van der Waals surface area contributed by atoms with Crippen LogP contribution in [0.1, 0.15) is 20.7 Å². The molecule has 6 heteroatoms. The minimum Gasteiger partial charge on any atom is -0.457 e. The Balaban J connectivity index is 1.77. The number of carbonyl (C=O) groups excluding carboxylic acids is 2. The van der Waals surface area contributed by atoms with Crippen LogP contribution < -0.4 is 15.8 Å². The number of nitrogens with two attached hydrogens (primary N) is 1. The number of carbonyl (C=O) groups is 2. The Morgan fingerprint density at radius 1 is 0.958 bits per heavy atom. The zero-order valence-electron chi connectivity index (χ0n) is 12.6. The number of anilines is 1. The van der Waals surface area contributed by atoms with E-state index in [-0.39, 0.29) is 5.91 Å². The van der Waals surface area contributed by atoms with Gasteiger partial charge in [0, 0.05) is 5.56 Å². The molecule has 2 aromatic carbocycles. The molecule has 0 saturated heterocycles. The average Bonchev–Trinajstić information content (AvgIpc) is 3.04. The van der Waals surface area contributed by atoms with Crippen molar-refractivity contribution in [3.63, 3.8) is 0 Å². The fourth-order valence-corrected chi connectivity index (χ4v) is 2.89. The second kappa shape index (κ2) is 6.97. The van der Waals surface area contributed by atoms with Crippen LogP contribution in [0.3, 0.4) is 0 Å². The van der Waals surface area contributed by atoms with Crippen molar-refractivity contribution in [3.05, 3.63) is 77.2 Å². The molecular weight excluding hydrogens is 324 g/mol. The molecule has 24 heavy (non-hydrogen) atoms. The van der Waals surface area contributed by atoms with Crippen LogP contribution in [0.5, 0.6) is 11.5 Å². The lowest BCUT2D eigenvalue weighted by Gasteiger charge is -2.08. The maximum Gasteiger partial charge on any atom is 0.256 e. The van der Waals surface area contributed by atoms with E-state index >= 15 is 0 Å². The van der Waals surface area contributed by atoms with Crippen molar-refractivity contribution in [2.45, 2.75) is 0 Å². The van der Waals surface area contributed by atoms with Crippen molar-refractivity contribution < 1.29 is 14.3 Å². The van der Waals surface area contributed by atoms with Gasteiger partial charge in [0.2, 0.25) is 0 Å². The molecular formula is C18H14N2O3S. The molecule has 0 fully saturated rings. The van der Waals surface area contributed by atoms with Crippen LogP contribution in [0.15, 0.2) is 66.0 Å². The van der Waals surface area contributed by atoms with Crippen molar-refractivity contribution in [1.29, 1.82) is 0 Å². The van der Waals surface area contributed by atoms with E-state index in [1.165, 1.54) is 11.3 Å². The first kappa shape index (κ1) is 15.8. The molecule has 0 saturated carbocycles. The van der Waals surface area contributed by atoms with Gasteiger partial charge < -0.3 is 15.8 Å². The van der Waals surface area contributed by atoms with E-state index in [1.807, 2.05) is 30.3 Å². The normalized spacial score (nSPS) is 10.2. The monoisotopic (exact) mass is 338 g/mol. The quantitative estimate of drug-likeness (QED) is 0.740. The maximum absolute atomic E-state index is 12.4. The van der Waals surface area contributed by atoms with Gasteiger partial charge in [-0.25, -0.2) is 0 Å². The summed E-state index contributed by atoms with van der Waals surface area (Å²) in [6.45, 7) is 0. The molecule has 5 nitrogen and oxygen atoms in total. The number of hydrogen-bond acceptors (Lipinski definition) is 4. The molecule has 120 valence electrons. The summed E-state index contributed by atoms with van der Waals surface area (Å²) in [5.74, 6) is 0.325. The van der Waals surface area contributed by atoms with Crippen molar-refractivity contribution in [2.24, 2.45) is 5.73 Å². The second-order valence-corrected chi connectivity index (χ2v) is 5.84. The topological polar surface area (TPSA) is 81.4 Å². The SMILES string of the molecule is NC(=O)c1ccsc1NC(=O)c1cccc(Oc2ccccc2)c1.